The van der Waals surface area contributed by atoms with Gasteiger partial charge in [0.1, 0.15) is 11.6 Å². The molecule has 2 rings (SSSR count). The second-order valence-corrected chi connectivity index (χ2v) is 5.68. The van der Waals surface area contributed by atoms with Crippen LogP contribution in [0.1, 0.15) is 49.9 Å². The molecule has 1 aromatic heterocycles. The first-order valence-electron chi connectivity index (χ1n) is 7.88. The number of rotatable bonds is 6. The van der Waals surface area contributed by atoms with Gasteiger partial charge in [0.15, 0.2) is 5.82 Å². The molecule has 1 saturated carbocycles. The molecular weight excluding hydrogens is 264 g/mol. The standard InChI is InChI=1S/C16H24N4O/c1-3-13-14(8-17)16(20-19-15(13)4-2)18-9-11-6-5-7-12(11)10-21/h11-12,21H,3-7,9-10H2,1-2H3,(H,18,20). The second-order valence-electron chi connectivity index (χ2n) is 5.68. The van der Waals surface area contributed by atoms with Gasteiger partial charge in [0.25, 0.3) is 0 Å². The van der Waals surface area contributed by atoms with E-state index in [1.165, 1.54) is 6.42 Å². The highest BCUT2D eigenvalue weighted by molar-refractivity contribution is 5.56. The van der Waals surface area contributed by atoms with Crippen molar-refractivity contribution in [2.75, 3.05) is 18.5 Å². The Labute approximate surface area is 126 Å². The Morgan fingerprint density at radius 3 is 2.62 bits per heavy atom. The third kappa shape index (κ3) is 3.33. The Bertz CT molecular complexity index is 524. The van der Waals surface area contributed by atoms with E-state index >= 15 is 0 Å². The van der Waals surface area contributed by atoms with Crippen molar-refractivity contribution in [3.63, 3.8) is 0 Å². The minimum absolute atomic E-state index is 0.248. The molecule has 1 aliphatic rings. The molecule has 0 amide bonds. The van der Waals surface area contributed by atoms with E-state index in [-0.39, 0.29) is 6.61 Å². The Balaban J connectivity index is 2.15. The van der Waals surface area contributed by atoms with E-state index < -0.39 is 0 Å². The summed E-state index contributed by atoms with van der Waals surface area (Å²) in [6.07, 6.45) is 4.97. The molecule has 21 heavy (non-hydrogen) atoms. The fraction of sp³-hybridized carbons (Fsp3) is 0.688. The zero-order valence-corrected chi connectivity index (χ0v) is 12.9. The predicted molar refractivity (Wildman–Crippen MR) is 81.9 cm³/mol. The summed E-state index contributed by atoms with van der Waals surface area (Å²) in [5.41, 5.74) is 2.54. The molecule has 1 fully saturated rings. The highest BCUT2D eigenvalue weighted by Crippen LogP contribution is 2.31. The highest BCUT2D eigenvalue weighted by atomic mass is 16.3. The van der Waals surface area contributed by atoms with Crippen LogP contribution in [0, 0.1) is 23.2 Å². The van der Waals surface area contributed by atoms with Gasteiger partial charge in [-0.15, -0.1) is 5.10 Å². The maximum atomic E-state index is 9.44. The summed E-state index contributed by atoms with van der Waals surface area (Å²) in [7, 11) is 0. The van der Waals surface area contributed by atoms with Crippen LogP contribution in [-0.2, 0) is 12.8 Å². The molecule has 2 N–H and O–H groups in total. The number of nitrogens with one attached hydrogen (secondary N) is 1. The lowest BCUT2D eigenvalue weighted by atomic mass is 9.97. The Hall–Kier alpha value is -1.67. The van der Waals surface area contributed by atoms with Crippen molar-refractivity contribution in [3.05, 3.63) is 16.8 Å². The molecule has 1 aliphatic carbocycles. The van der Waals surface area contributed by atoms with E-state index in [0.29, 0.717) is 23.2 Å². The first kappa shape index (κ1) is 15.7. The van der Waals surface area contributed by atoms with E-state index in [0.717, 1.165) is 43.5 Å². The molecule has 1 aromatic rings. The summed E-state index contributed by atoms with van der Waals surface area (Å²) < 4.78 is 0. The fourth-order valence-corrected chi connectivity index (χ4v) is 3.27. The molecule has 2 unspecified atom stereocenters. The number of nitrogens with zero attached hydrogens (tertiary/aromatic N) is 3. The van der Waals surface area contributed by atoms with Crippen LogP contribution in [0.5, 0.6) is 0 Å². The van der Waals surface area contributed by atoms with Crippen molar-refractivity contribution in [2.45, 2.75) is 46.0 Å². The van der Waals surface area contributed by atoms with Crippen LogP contribution in [0.4, 0.5) is 5.82 Å². The lowest BCUT2D eigenvalue weighted by Gasteiger charge is -2.19. The van der Waals surface area contributed by atoms with Crippen molar-refractivity contribution in [2.24, 2.45) is 11.8 Å². The lowest BCUT2D eigenvalue weighted by Crippen LogP contribution is -2.22. The fourth-order valence-electron chi connectivity index (χ4n) is 3.27. The van der Waals surface area contributed by atoms with Crippen molar-refractivity contribution >= 4 is 5.82 Å². The summed E-state index contributed by atoms with van der Waals surface area (Å²) in [4.78, 5) is 0. The summed E-state index contributed by atoms with van der Waals surface area (Å²) in [5, 5.41) is 30.6. The summed E-state index contributed by atoms with van der Waals surface area (Å²) in [6, 6.07) is 2.28. The third-order valence-corrected chi connectivity index (χ3v) is 4.54. The molecule has 114 valence electrons. The molecule has 2 atom stereocenters. The van der Waals surface area contributed by atoms with Gasteiger partial charge < -0.3 is 10.4 Å². The monoisotopic (exact) mass is 288 g/mol. The normalized spacial score (nSPS) is 21.2. The van der Waals surface area contributed by atoms with E-state index in [1.54, 1.807) is 0 Å². The summed E-state index contributed by atoms with van der Waals surface area (Å²) in [6.45, 7) is 5.07. The van der Waals surface area contributed by atoms with E-state index in [4.69, 9.17) is 0 Å². The number of aryl methyl sites for hydroxylation is 1. The number of aliphatic hydroxyl groups excluding tert-OH is 1. The number of hydrogen-bond acceptors (Lipinski definition) is 5. The summed E-state index contributed by atoms with van der Waals surface area (Å²) >= 11 is 0. The zero-order chi connectivity index (χ0) is 15.2. The van der Waals surface area contributed by atoms with E-state index in [9.17, 15) is 10.4 Å². The van der Waals surface area contributed by atoms with Gasteiger partial charge in [-0.1, -0.05) is 20.3 Å². The molecule has 5 nitrogen and oxygen atoms in total. The Kier molecular flexibility index (Phi) is 5.51. The number of aliphatic hydroxyl groups is 1. The van der Waals surface area contributed by atoms with Gasteiger partial charge in [0.2, 0.25) is 0 Å². The maximum Gasteiger partial charge on any atom is 0.166 e. The predicted octanol–water partition coefficient (Wildman–Crippen LogP) is 2.29. The van der Waals surface area contributed by atoms with Gasteiger partial charge in [-0.05, 0) is 43.1 Å². The average molecular weight is 288 g/mol. The van der Waals surface area contributed by atoms with E-state index in [1.807, 2.05) is 13.8 Å². The average Bonchev–Trinajstić information content (AvgIpc) is 2.99. The van der Waals surface area contributed by atoms with Crippen LogP contribution in [-0.4, -0.2) is 28.5 Å². The van der Waals surface area contributed by atoms with E-state index in [2.05, 4.69) is 21.6 Å². The van der Waals surface area contributed by atoms with Crippen molar-refractivity contribution in [1.82, 2.24) is 10.2 Å². The molecular formula is C16H24N4O. The largest absolute Gasteiger partial charge is 0.396 e. The molecule has 0 aromatic carbocycles. The molecule has 0 bridgehead atoms. The van der Waals surface area contributed by atoms with Gasteiger partial charge >= 0.3 is 0 Å². The van der Waals surface area contributed by atoms with Crippen LogP contribution in [0.3, 0.4) is 0 Å². The summed E-state index contributed by atoms with van der Waals surface area (Å²) in [5.74, 6) is 1.42. The second kappa shape index (κ2) is 7.37. The quantitative estimate of drug-likeness (QED) is 0.839. The first-order chi connectivity index (χ1) is 10.2. The molecule has 0 spiro atoms. The molecule has 0 radical (unpaired) electrons. The van der Waals surface area contributed by atoms with Crippen LogP contribution >= 0.6 is 0 Å². The van der Waals surface area contributed by atoms with Gasteiger partial charge in [0.05, 0.1) is 5.69 Å². The van der Waals surface area contributed by atoms with Crippen molar-refractivity contribution in [3.8, 4) is 6.07 Å². The van der Waals surface area contributed by atoms with Gasteiger partial charge in [-0.3, -0.25) is 0 Å². The van der Waals surface area contributed by atoms with Crippen LogP contribution in [0.25, 0.3) is 0 Å². The molecule has 1 heterocycles. The van der Waals surface area contributed by atoms with Crippen molar-refractivity contribution in [1.29, 1.82) is 5.26 Å². The highest BCUT2D eigenvalue weighted by Gasteiger charge is 2.26. The first-order valence-corrected chi connectivity index (χ1v) is 7.88. The number of nitriles is 1. The maximum absolute atomic E-state index is 9.44. The Morgan fingerprint density at radius 2 is 2.00 bits per heavy atom. The third-order valence-electron chi connectivity index (χ3n) is 4.54. The van der Waals surface area contributed by atoms with Crippen LogP contribution in [0.15, 0.2) is 0 Å². The topological polar surface area (TPSA) is 81.8 Å². The van der Waals surface area contributed by atoms with Gasteiger partial charge in [-0.25, -0.2) is 0 Å². The minimum Gasteiger partial charge on any atom is -0.396 e. The lowest BCUT2D eigenvalue weighted by molar-refractivity contribution is 0.199. The van der Waals surface area contributed by atoms with Gasteiger partial charge in [0, 0.05) is 13.2 Å². The SMILES string of the molecule is CCc1nnc(NCC2CCCC2CO)c(C#N)c1CC. The zero-order valence-electron chi connectivity index (χ0n) is 12.9. The molecule has 0 saturated heterocycles. The molecule has 5 heteroatoms. The number of hydrogen-bond donors (Lipinski definition) is 2. The van der Waals surface area contributed by atoms with Gasteiger partial charge in [-0.2, -0.15) is 10.4 Å². The van der Waals surface area contributed by atoms with Crippen LogP contribution in [0.2, 0.25) is 0 Å². The molecule has 0 aliphatic heterocycles. The number of aromatic nitrogens is 2. The van der Waals surface area contributed by atoms with Crippen LogP contribution < -0.4 is 5.32 Å². The number of anilines is 1. The minimum atomic E-state index is 0.248. The van der Waals surface area contributed by atoms with Crippen molar-refractivity contribution < 1.29 is 5.11 Å². The Morgan fingerprint density at radius 1 is 1.24 bits per heavy atom. The smallest absolute Gasteiger partial charge is 0.166 e.